The summed E-state index contributed by atoms with van der Waals surface area (Å²) in [5.74, 6) is 0. The van der Waals surface area contributed by atoms with E-state index in [0.29, 0.717) is 0 Å². The van der Waals surface area contributed by atoms with Gasteiger partial charge in [0.2, 0.25) is 0 Å². The first-order chi connectivity index (χ1) is 8.78. The maximum atomic E-state index is 5.46. The molecule has 1 aliphatic rings. The lowest BCUT2D eigenvalue weighted by Gasteiger charge is -2.15. The van der Waals surface area contributed by atoms with Crippen molar-refractivity contribution in [2.45, 2.75) is 19.3 Å². The molecule has 18 heavy (non-hydrogen) atoms. The largest absolute Gasteiger partial charge is 0.372 e. The second kappa shape index (κ2) is 4.55. The normalized spacial score (nSPS) is 15.7. The number of nitrogens with one attached hydrogen (secondary N) is 1. The molecule has 94 valence electrons. The van der Waals surface area contributed by atoms with Gasteiger partial charge < -0.3 is 10.1 Å². The Balaban J connectivity index is 1.96. The molecule has 1 unspecified atom stereocenters. The van der Waals surface area contributed by atoms with Crippen LogP contribution >= 0.6 is 0 Å². The van der Waals surface area contributed by atoms with E-state index in [9.17, 15) is 0 Å². The highest BCUT2D eigenvalue weighted by molar-refractivity contribution is 5.37. The molecule has 0 radical (unpaired) electrons. The molecule has 1 aliphatic heterocycles. The van der Waals surface area contributed by atoms with Gasteiger partial charge in [0.1, 0.15) is 0 Å². The Morgan fingerprint density at radius 2 is 2.11 bits per heavy atom. The highest BCUT2D eigenvalue weighted by Crippen LogP contribution is 2.27. The second-order valence-electron chi connectivity index (χ2n) is 4.69. The number of hydrogen-bond acceptors (Lipinski definition) is 3. The van der Waals surface area contributed by atoms with E-state index in [-0.39, 0.29) is 6.04 Å². The molecule has 2 heterocycles. The van der Waals surface area contributed by atoms with Crippen molar-refractivity contribution in [2.24, 2.45) is 7.05 Å². The summed E-state index contributed by atoms with van der Waals surface area (Å²) in [5, 5.41) is 7.58. The minimum absolute atomic E-state index is 0.185. The standard InChI is InChI=1S/C14H17N3O/c1-15-14(13-6-16-17(2)7-13)10-3-4-11-8-18-9-12(11)5-10/h3-7,14-15H,8-9H2,1-2H3. The summed E-state index contributed by atoms with van der Waals surface area (Å²) in [4.78, 5) is 0. The van der Waals surface area contributed by atoms with Crippen molar-refractivity contribution in [3.8, 4) is 0 Å². The van der Waals surface area contributed by atoms with E-state index in [0.717, 1.165) is 13.2 Å². The first-order valence-electron chi connectivity index (χ1n) is 6.13. The molecule has 1 atom stereocenters. The van der Waals surface area contributed by atoms with Crippen molar-refractivity contribution >= 4 is 0 Å². The predicted octanol–water partition coefficient (Wildman–Crippen LogP) is 1.76. The van der Waals surface area contributed by atoms with Crippen LogP contribution in [0.15, 0.2) is 30.6 Å². The van der Waals surface area contributed by atoms with Crippen LogP contribution in [0.5, 0.6) is 0 Å². The summed E-state index contributed by atoms with van der Waals surface area (Å²) >= 11 is 0. The number of hydrogen-bond donors (Lipinski definition) is 1. The topological polar surface area (TPSA) is 39.1 Å². The van der Waals surface area contributed by atoms with Crippen molar-refractivity contribution in [3.63, 3.8) is 0 Å². The first kappa shape index (κ1) is 11.4. The van der Waals surface area contributed by atoms with E-state index < -0.39 is 0 Å². The van der Waals surface area contributed by atoms with Gasteiger partial charge in [0, 0.05) is 18.8 Å². The molecule has 0 amide bonds. The summed E-state index contributed by atoms with van der Waals surface area (Å²) in [6.45, 7) is 1.47. The molecule has 2 aromatic rings. The van der Waals surface area contributed by atoms with Gasteiger partial charge in [-0.1, -0.05) is 18.2 Å². The Morgan fingerprint density at radius 1 is 1.28 bits per heavy atom. The highest BCUT2D eigenvalue weighted by Gasteiger charge is 2.17. The molecule has 1 aromatic heterocycles. The van der Waals surface area contributed by atoms with Gasteiger partial charge in [-0.3, -0.25) is 4.68 Å². The molecule has 0 fully saturated rings. The van der Waals surface area contributed by atoms with Gasteiger partial charge in [-0.25, -0.2) is 0 Å². The minimum Gasteiger partial charge on any atom is -0.372 e. The average molecular weight is 243 g/mol. The maximum absolute atomic E-state index is 5.46. The lowest BCUT2D eigenvalue weighted by Crippen LogP contribution is -2.17. The zero-order valence-electron chi connectivity index (χ0n) is 10.7. The molecule has 0 spiro atoms. The van der Waals surface area contributed by atoms with Gasteiger partial charge in [-0.15, -0.1) is 0 Å². The van der Waals surface area contributed by atoms with E-state index >= 15 is 0 Å². The summed E-state index contributed by atoms with van der Waals surface area (Å²) in [6.07, 6.45) is 3.95. The monoisotopic (exact) mass is 243 g/mol. The smallest absolute Gasteiger partial charge is 0.0725 e. The third-order valence-corrected chi connectivity index (χ3v) is 3.43. The molecule has 1 aromatic carbocycles. The van der Waals surface area contributed by atoms with Crippen LogP contribution in [0.1, 0.15) is 28.3 Å². The zero-order valence-corrected chi connectivity index (χ0v) is 10.7. The Kier molecular flexibility index (Phi) is 2.89. The van der Waals surface area contributed by atoms with Crippen LogP contribution in [0, 0.1) is 0 Å². The number of benzene rings is 1. The van der Waals surface area contributed by atoms with E-state index in [1.54, 1.807) is 0 Å². The second-order valence-corrected chi connectivity index (χ2v) is 4.69. The third kappa shape index (κ3) is 1.94. The van der Waals surface area contributed by atoms with Crippen molar-refractivity contribution in [2.75, 3.05) is 7.05 Å². The fourth-order valence-corrected chi connectivity index (χ4v) is 2.49. The lowest BCUT2D eigenvalue weighted by atomic mass is 9.98. The van der Waals surface area contributed by atoms with E-state index in [2.05, 4.69) is 28.6 Å². The summed E-state index contributed by atoms with van der Waals surface area (Å²) < 4.78 is 7.29. The zero-order chi connectivity index (χ0) is 12.5. The van der Waals surface area contributed by atoms with E-state index in [1.807, 2.05) is 31.2 Å². The summed E-state index contributed by atoms with van der Waals surface area (Å²) in [6, 6.07) is 6.75. The number of aryl methyl sites for hydroxylation is 1. The van der Waals surface area contributed by atoms with Crippen molar-refractivity contribution in [3.05, 3.63) is 52.8 Å². The van der Waals surface area contributed by atoms with Crippen LogP contribution in [-0.4, -0.2) is 16.8 Å². The molecular weight excluding hydrogens is 226 g/mol. The lowest BCUT2D eigenvalue weighted by molar-refractivity contribution is 0.134. The van der Waals surface area contributed by atoms with Crippen LogP contribution in [0.2, 0.25) is 0 Å². The Morgan fingerprint density at radius 3 is 2.83 bits per heavy atom. The Labute approximate surface area is 107 Å². The van der Waals surface area contributed by atoms with Crippen LogP contribution < -0.4 is 5.32 Å². The van der Waals surface area contributed by atoms with Crippen molar-refractivity contribution in [1.29, 1.82) is 0 Å². The van der Waals surface area contributed by atoms with Gasteiger partial charge in [0.15, 0.2) is 0 Å². The number of ether oxygens (including phenoxy) is 1. The molecule has 3 rings (SSSR count). The first-order valence-corrected chi connectivity index (χ1v) is 6.13. The van der Waals surface area contributed by atoms with Crippen LogP contribution in [0.4, 0.5) is 0 Å². The molecular formula is C14H17N3O. The van der Waals surface area contributed by atoms with E-state index in [1.165, 1.54) is 22.3 Å². The summed E-state index contributed by atoms with van der Waals surface area (Å²) in [7, 11) is 3.91. The number of rotatable bonds is 3. The SMILES string of the molecule is CNC(c1ccc2c(c1)COC2)c1cnn(C)c1. The molecule has 0 bridgehead atoms. The number of aromatic nitrogens is 2. The molecule has 1 N–H and O–H groups in total. The molecule has 0 aliphatic carbocycles. The third-order valence-electron chi connectivity index (χ3n) is 3.43. The van der Waals surface area contributed by atoms with Gasteiger partial charge >= 0.3 is 0 Å². The minimum atomic E-state index is 0.185. The highest BCUT2D eigenvalue weighted by atomic mass is 16.5. The quantitative estimate of drug-likeness (QED) is 0.892. The fraction of sp³-hybridized carbons (Fsp3) is 0.357. The Bertz CT molecular complexity index is 562. The molecule has 4 nitrogen and oxygen atoms in total. The molecule has 4 heteroatoms. The van der Waals surface area contributed by atoms with Crippen molar-refractivity contribution < 1.29 is 4.74 Å². The Hall–Kier alpha value is -1.65. The van der Waals surface area contributed by atoms with Gasteiger partial charge in [-0.2, -0.15) is 5.10 Å². The van der Waals surface area contributed by atoms with Gasteiger partial charge in [-0.05, 0) is 23.7 Å². The predicted molar refractivity (Wildman–Crippen MR) is 69.0 cm³/mol. The van der Waals surface area contributed by atoms with Crippen LogP contribution in [0.3, 0.4) is 0 Å². The number of fused-ring (bicyclic) bond motifs is 1. The van der Waals surface area contributed by atoms with Crippen LogP contribution in [0.25, 0.3) is 0 Å². The average Bonchev–Trinajstić information content (AvgIpc) is 2.99. The van der Waals surface area contributed by atoms with Crippen molar-refractivity contribution in [1.82, 2.24) is 15.1 Å². The van der Waals surface area contributed by atoms with Gasteiger partial charge in [0.05, 0.1) is 25.5 Å². The van der Waals surface area contributed by atoms with E-state index in [4.69, 9.17) is 4.74 Å². The molecule has 0 saturated carbocycles. The fourth-order valence-electron chi connectivity index (χ4n) is 2.49. The molecule has 0 saturated heterocycles. The van der Waals surface area contributed by atoms with Crippen LogP contribution in [-0.2, 0) is 25.0 Å². The maximum Gasteiger partial charge on any atom is 0.0725 e. The van der Waals surface area contributed by atoms with Gasteiger partial charge in [0.25, 0.3) is 0 Å². The summed E-state index contributed by atoms with van der Waals surface area (Å²) in [5.41, 5.74) is 5.05. The number of nitrogens with zero attached hydrogens (tertiary/aromatic N) is 2.